The highest BCUT2D eigenvalue weighted by Crippen LogP contribution is 2.26. The van der Waals surface area contributed by atoms with Crippen molar-refractivity contribution in [3.8, 4) is 0 Å². The topological polar surface area (TPSA) is 63.1 Å². The molecule has 1 amide bonds. The van der Waals surface area contributed by atoms with Crippen LogP contribution in [0.15, 0.2) is 67.1 Å². The number of likely N-dealkylation sites (tertiary alicyclic amines) is 1. The Bertz CT molecular complexity index is 917. The number of hydrogen-bond donors (Lipinski definition) is 1. The van der Waals surface area contributed by atoms with Gasteiger partial charge in [0, 0.05) is 44.5 Å². The van der Waals surface area contributed by atoms with E-state index in [9.17, 15) is 4.79 Å². The van der Waals surface area contributed by atoms with Crippen molar-refractivity contribution in [1.29, 1.82) is 0 Å². The number of nitrogens with one attached hydrogen (secondary N) is 1. The van der Waals surface area contributed by atoms with Crippen molar-refractivity contribution in [3.05, 3.63) is 78.2 Å². The quantitative estimate of drug-likeness (QED) is 0.616. The molecule has 1 aliphatic heterocycles. The molecule has 1 saturated heterocycles. The van der Waals surface area contributed by atoms with Crippen LogP contribution in [-0.4, -0.2) is 38.7 Å². The van der Waals surface area contributed by atoms with Gasteiger partial charge in [-0.25, -0.2) is 4.68 Å². The molecule has 0 radical (unpaired) electrons. The molecule has 1 aliphatic rings. The number of aromatic nitrogens is 3. The fourth-order valence-corrected chi connectivity index (χ4v) is 4.08. The van der Waals surface area contributed by atoms with Crippen LogP contribution in [0.25, 0.3) is 0 Å². The van der Waals surface area contributed by atoms with Crippen LogP contribution in [0.1, 0.15) is 42.9 Å². The number of nitrogens with zero attached hydrogens (tertiary/aromatic N) is 4. The Balaban J connectivity index is 1.24. The molecule has 3 aromatic rings. The van der Waals surface area contributed by atoms with Crippen LogP contribution in [0, 0.1) is 0 Å². The zero-order chi connectivity index (χ0) is 20.6. The molecule has 6 heteroatoms. The first kappa shape index (κ1) is 20.3. The normalized spacial score (nSPS) is 15.2. The Labute approximate surface area is 177 Å². The first-order valence-electron chi connectivity index (χ1n) is 10.8. The van der Waals surface area contributed by atoms with E-state index in [4.69, 9.17) is 0 Å². The number of benzene rings is 1. The number of amides is 1. The van der Waals surface area contributed by atoms with Gasteiger partial charge in [-0.1, -0.05) is 30.3 Å². The molecule has 0 atom stereocenters. The van der Waals surface area contributed by atoms with Gasteiger partial charge in [0.15, 0.2) is 0 Å². The molecule has 156 valence electrons. The first-order chi connectivity index (χ1) is 14.8. The lowest BCUT2D eigenvalue weighted by atomic mass is 10.0. The summed E-state index contributed by atoms with van der Waals surface area (Å²) in [5.41, 5.74) is 2.57. The van der Waals surface area contributed by atoms with Crippen LogP contribution in [0.3, 0.4) is 0 Å². The average Bonchev–Trinajstić information content (AvgIpc) is 3.24. The zero-order valence-corrected chi connectivity index (χ0v) is 17.3. The minimum atomic E-state index is 0.0582. The summed E-state index contributed by atoms with van der Waals surface area (Å²) in [6.07, 6.45) is 9.82. The SMILES string of the molecule is O=C(CCCc1ccccc1)Nc1ccnn1C1CCN(Cc2ccncc2)CC1. The predicted molar refractivity (Wildman–Crippen MR) is 118 cm³/mol. The summed E-state index contributed by atoms with van der Waals surface area (Å²) in [6, 6.07) is 16.7. The molecule has 1 aromatic carbocycles. The lowest BCUT2D eigenvalue weighted by molar-refractivity contribution is -0.116. The molecule has 6 nitrogen and oxygen atoms in total. The van der Waals surface area contributed by atoms with Gasteiger partial charge in [0.25, 0.3) is 0 Å². The lowest BCUT2D eigenvalue weighted by Gasteiger charge is -2.32. The lowest BCUT2D eigenvalue weighted by Crippen LogP contribution is -2.35. The minimum absolute atomic E-state index is 0.0582. The Morgan fingerprint density at radius 1 is 0.967 bits per heavy atom. The second-order valence-electron chi connectivity index (χ2n) is 7.91. The maximum Gasteiger partial charge on any atom is 0.225 e. The van der Waals surface area contributed by atoms with Crippen molar-refractivity contribution in [2.45, 2.75) is 44.7 Å². The van der Waals surface area contributed by atoms with Gasteiger partial charge in [0.2, 0.25) is 5.91 Å². The van der Waals surface area contributed by atoms with Crippen molar-refractivity contribution in [2.24, 2.45) is 0 Å². The maximum atomic E-state index is 12.4. The van der Waals surface area contributed by atoms with Gasteiger partial charge in [-0.2, -0.15) is 5.10 Å². The minimum Gasteiger partial charge on any atom is -0.311 e. The number of rotatable bonds is 8. The van der Waals surface area contributed by atoms with Crippen LogP contribution >= 0.6 is 0 Å². The van der Waals surface area contributed by atoms with Gasteiger partial charge in [0.05, 0.1) is 12.2 Å². The fourth-order valence-electron chi connectivity index (χ4n) is 4.08. The summed E-state index contributed by atoms with van der Waals surface area (Å²) >= 11 is 0. The van der Waals surface area contributed by atoms with Gasteiger partial charge < -0.3 is 5.32 Å². The van der Waals surface area contributed by atoms with E-state index in [2.05, 4.69) is 44.6 Å². The Kier molecular flexibility index (Phi) is 6.87. The maximum absolute atomic E-state index is 12.4. The summed E-state index contributed by atoms with van der Waals surface area (Å²) in [5, 5.41) is 7.57. The molecular weight excluding hydrogens is 374 g/mol. The number of pyridine rings is 1. The molecule has 0 spiro atoms. The van der Waals surface area contributed by atoms with E-state index in [1.807, 2.05) is 41.3 Å². The van der Waals surface area contributed by atoms with Crippen molar-refractivity contribution in [3.63, 3.8) is 0 Å². The van der Waals surface area contributed by atoms with Gasteiger partial charge in [-0.15, -0.1) is 0 Å². The van der Waals surface area contributed by atoms with E-state index < -0.39 is 0 Å². The highest BCUT2D eigenvalue weighted by molar-refractivity contribution is 5.89. The highest BCUT2D eigenvalue weighted by atomic mass is 16.1. The third kappa shape index (κ3) is 5.54. The fraction of sp³-hybridized carbons (Fsp3) is 0.375. The molecule has 1 N–H and O–H groups in total. The summed E-state index contributed by atoms with van der Waals surface area (Å²) in [7, 11) is 0. The number of aryl methyl sites for hydroxylation is 1. The summed E-state index contributed by atoms with van der Waals surface area (Å²) in [6.45, 7) is 3.01. The van der Waals surface area contributed by atoms with Gasteiger partial charge in [-0.3, -0.25) is 14.7 Å². The smallest absolute Gasteiger partial charge is 0.225 e. The van der Waals surface area contributed by atoms with Crippen LogP contribution in [0.5, 0.6) is 0 Å². The van der Waals surface area contributed by atoms with Gasteiger partial charge in [0.1, 0.15) is 5.82 Å². The van der Waals surface area contributed by atoms with Crippen molar-refractivity contribution < 1.29 is 4.79 Å². The number of carbonyl (C=O) groups is 1. The van der Waals surface area contributed by atoms with E-state index in [0.29, 0.717) is 12.5 Å². The molecular formula is C24H29N5O. The molecule has 0 unspecified atom stereocenters. The number of hydrogen-bond acceptors (Lipinski definition) is 4. The van der Waals surface area contributed by atoms with Crippen molar-refractivity contribution in [2.75, 3.05) is 18.4 Å². The molecule has 0 aliphatic carbocycles. The van der Waals surface area contributed by atoms with Crippen LogP contribution < -0.4 is 5.32 Å². The van der Waals surface area contributed by atoms with E-state index in [1.54, 1.807) is 6.20 Å². The molecule has 3 heterocycles. The van der Waals surface area contributed by atoms with Crippen molar-refractivity contribution in [1.82, 2.24) is 19.7 Å². The van der Waals surface area contributed by atoms with E-state index in [1.165, 1.54) is 11.1 Å². The standard InChI is InChI=1S/C24H29N5O/c30-24(8-4-7-20-5-2-1-3-6-20)27-23-11-16-26-29(23)22-12-17-28(18-13-22)19-21-9-14-25-15-10-21/h1-3,5-6,9-11,14-16,22H,4,7-8,12-13,17-19H2,(H,27,30). The van der Waals surface area contributed by atoms with E-state index >= 15 is 0 Å². The van der Waals surface area contributed by atoms with Gasteiger partial charge >= 0.3 is 0 Å². The first-order valence-corrected chi connectivity index (χ1v) is 10.8. The molecule has 30 heavy (non-hydrogen) atoms. The number of anilines is 1. The second kappa shape index (κ2) is 10.2. The predicted octanol–water partition coefficient (Wildman–Crippen LogP) is 4.08. The molecule has 0 bridgehead atoms. The van der Waals surface area contributed by atoms with Crippen LogP contribution in [-0.2, 0) is 17.8 Å². The summed E-state index contributed by atoms with van der Waals surface area (Å²) in [5.74, 6) is 0.870. The molecule has 2 aromatic heterocycles. The van der Waals surface area contributed by atoms with Crippen LogP contribution in [0.2, 0.25) is 0 Å². The number of carbonyl (C=O) groups excluding carboxylic acids is 1. The van der Waals surface area contributed by atoms with Crippen LogP contribution in [0.4, 0.5) is 5.82 Å². The molecule has 4 rings (SSSR count). The van der Waals surface area contributed by atoms with Crippen molar-refractivity contribution >= 4 is 11.7 Å². The Morgan fingerprint density at radius 2 is 1.73 bits per heavy atom. The van der Waals surface area contributed by atoms with E-state index in [0.717, 1.165) is 51.1 Å². The third-order valence-electron chi connectivity index (χ3n) is 5.71. The van der Waals surface area contributed by atoms with E-state index in [-0.39, 0.29) is 5.91 Å². The third-order valence-corrected chi connectivity index (χ3v) is 5.71. The monoisotopic (exact) mass is 403 g/mol. The highest BCUT2D eigenvalue weighted by Gasteiger charge is 2.23. The Hall–Kier alpha value is -2.99. The average molecular weight is 404 g/mol. The largest absolute Gasteiger partial charge is 0.311 e. The summed E-state index contributed by atoms with van der Waals surface area (Å²) < 4.78 is 2.00. The van der Waals surface area contributed by atoms with Gasteiger partial charge in [-0.05, 0) is 48.9 Å². The molecule has 1 fully saturated rings. The Morgan fingerprint density at radius 3 is 2.50 bits per heavy atom. The molecule has 0 saturated carbocycles. The second-order valence-corrected chi connectivity index (χ2v) is 7.91. The zero-order valence-electron chi connectivity index (χ0n) is 17.3. The number of piperidine rings is 1. The summed E-state index contributed by atoms with van der Waals surface area (Å²) in [4.78, 5) is 19.0.